The van der Waals surface area contributed by atoms with Gasteiger partial charge < -0.3 is 14.4 Å². The van der Waals surface area contributed by atoms with Gasteiger partial charge in [-0.3, -0.25) is 15.2 Å². The van der Waals surface area contributed by atoms with Crippen LogP contribution in [0.1, 0.15) is 49.1 Å². The number of anilines is 1. The van der Waals surface area contributed by atoms with Crippen LogP contribution in [0.5, 0.6) is 0 Å². The highest BCUT2D eigenvalue weighted by atomic mass is 19.1. The van der Waals surface area contributed by atoms with Gasteiger partial charge in [-0.15, -0.1) is 0 Å². The van der Waals surface area contributed by atoms with Gasteiger partial charge in [-0.05, 0) is 48.9 Å². The Bertz CT molecular complexity index is 919. The van der Waals surface area contributed by atoms with E-state index in [1.54, 1.807) is 13.3 Å². The highest BCUT2D eigenvalue weighted by molar-refractivity contribution is 5.40. The highest BCUT2D eigenvalue weighted by Crippen LogP contribution is 2.40. The predicted molar refractivity (Wildman–Crippen MR) is 139 cm³/mol. The summed E-state index contributed by atoms with van der Waals surface area (Å²) in [5.41, 5.74) is 2.25. The lowest BCUT2D eigenvalue weighted by Crippen LogP contribution is -2.52. The molecule has 0 spiro atoms. The molecule has 0 bridgehead atoms. The topological polar surface area (TPSA) is 62.8 Å². The number of nitrogens with one attached hydrogen (secondary N) is 1. The molecule has 36 heavy (non-hydrogen) atoms. The second-order valence-corrected chi connectivity index (χ2v) is 10.4. The van der Waals surface area contributed by atoms with Gasteiger partial charge in [0.1, 0.15) is 18.2 Å². The number of ether oxygens (including phenoxy) is 2. The third kappa shape index (κ3) is 6.22. The maximum Gasteiger partial charge on any atom is 0.128 e. The van der Waals surface area contributed by atoms with Crippen LogP contribution < -0.4 is 10.2 Å². The third-order valence-electron chi connectivity index (χ3n) is 8.14. The van der Waals surface area contributed by atoms with E-state index in [-0.39, 0.29) is 18.1 Å². The van der Waals surface area contributed by atoms with Crippen LogP contribution in [-0.4, -0.2) is 79.8 Å². The van der Waals surface area contributed by atoms with Crippen molar-refractivity contribution in [1.29, 1.82) is 0 Å². The Labute approximate surface area is 214 Å². The maximum atomic E-state index is 15.7. The van der Waals surface area contributed by atoms with E-state index in [4.69, 9.17) is 14.5 Å². The summed E-state index contributed by atoms with van der Waals surface area (Å²) in [6.45, 7) is 6.40. The molecule has 0 radical (unpaired) electrons. The summed E-state index contributed by atoms with van der Waals surface area (Å²) in [5.74, 6) is 0.793. The zero-order valence-corrected chi connectivity index (χ0v) is 21.4. The molecule has 1 saturated carbocycles. The van der Waals surface area contributed by atoms with Crippen molar-refractivity contribution >= 4 is 5.82 Å². The normalized spacial score (nSPS) is 27.2. The molecule has 0 amide bonds. The predicted octanol–water partition coefficient (Wildman–Crippen LogP) is 3.76. The van der Waals surface area contributed by atoms with Crippen molar-refractivity contribution in [3.63, 3.8) is 0 Å². The van der Waals surface area contributed by atoms with Gasteiger partial charge in [0.05, 0.1) is 13.2 Å². The number of hydrogen-bond donors (Lipinski definition) is 1. The number of methoxy groups -OCH3 is 1. The fourth-order valence-corrected chi connectivity index (χ4v) is 6.04. The van der Waals surface area contributed by atoms with Gasteiger partial charge in [-0.2, -0.15) is 0 Å². The second kappa shape index (κ2) is 12.4. The standard InChI is InChI=1S/C28H40FN5O2/c1-35-28(25-6-2-5-24(27(25)29)22-4-3-11-30-19-22)32-23-9-12-34(13-10-23)26-8-7-21(18-31-26)20-33-14-16-36-17-15-33/h3-4,7-8,11,18-19,23-25,27-28,32H,2,5-6,9-10,12-17,20H2,1H3. The van der Waals surface area contributed by atoms with Gasteiger partial charge in [-0.1, -0.05) is 18.6 Å². The average Bonchev–Trinajstić information content (AvgIpc) is 2.94. The van der Waals surface area contributed by atoms with E-state index in [9.17, 15) is 0 Å². The van der Waals surface area contributed by atoms with Crippen LogP contribution in [0.4, 0.5) is 10.2 Å². The molecule has 8 heteroatoms. The second-order valence-electron chi connectivity index (χ2n) is 10.4. The van der Waals surface area contributed by atoms with Crippen LogP contribution in [0.15, 0.2) is 42.9 Å². The summed E-state index contributed by atoms with van der Waals surface area (Å²) in [6, 6.07) is 8.57. The van der Waals surface area contributed by atoms with E-state index in [2.05, 4.69) is 32.2 Å². The lowest BCUT2D eigenvalue weighted by Gasteiger charge is -2.40. The molecule has 2 aromatic rings. The van der Waals surface area contributed by atoms with Crippen molar-refractivity contribution in [2.24, 2.45) is 5.92 Å². The van der Waals surface area contributed by atoms with Gasteiger partial charge in [0, 0.05) is 76.3 Å². The Kier molecular flexibility index (Phi) is 8.80. The number of aromatic nitrogens is 2. The first-order chi connectivity index (χ1) is 17.7. The smallest absolute Gasteiger partial charge is 0.128 e. The molecule has 2 saturated heterocycles. The molecule has 7 nitrogen and oxygen atoms in total. The first-order valence-electron chi connectivity index (χ1n) is 13.5. The first kappa shape index (κ1) is 25.5. The molecule has 2 aromatic heterocycles. The van der Waals surface area contributed by atoms with E-state index in [0.29, 0.717) is 6.04 Å². The number of pyridine rings is 2. The van der Waals surface area contributed by atoms with Crippen molar-refractivity contribution < 1.29 is 13.9 Å². The number of hydrogen-bond acceptors (Lipinski definition) is 7. The fourth-order valence-electron chi connectivity index (χ4n) is 6.04. The van der Waals surface area contributed by atoms with Crippen LogP contribution in [0, 0.1) is 5.92 Å². The monoisotopic (exact) mass is 497 g/mol. The molecule has 3 aliphatic rings. The van der Waals surface area contributed by atoms with Crippen molar-refractivity contribution in [2.45, 2.75) is 63.0 Å². The molecule has 1 N–H and O–H groups in total. The largest absolute Gasteiger partial charge is 0.379 e. The van der Waals surface area contributed by atoms with Gasteiger partial charge in [0.25, 0.3) is 0 Å². The Morgan fingerprint density at radius 2 is 1.92 bits per heavy atom. The fraction of sp³-hybridized carbons (Fsp3) is 0.643. The van der Waals surface area contributed by atoms with E-state index in [1.807, 2.05) is 24.5 Å². The van der Waals surface area contributed by atoms with Crippen molar-refractivity contribution in [3.05, 3.63) is 54.0 Å². The first-order valence-corrected chi connectivity index (χ1v) is 13.5. The molecular weight excluding hydrogens is 457 g/mol. The molecular formula is C28H40FN5O2. The molecule has 0 aromatic carbocycles. The zero-order chi connectivity index (χ0) is 24.7. The molecule has 3 fully saturated rings. The van der Waals surface area contributed by atoms with Crippen molar-refractivity contribution in [1.82, 2.24) is 20.2 Å². The quantitative estimate of drug-likeness (QED) is 0.557. The molecule has 4 unspecified atom stereocenters. The average molecular weight is 498 g/mol. The lowest BCUT2D eigenvalue weighted by atomic mass is 9.75. The Balaban J connectivity index is 1.12. The van der Waals surface area contributed by atoms with E-state index < -0.39 is 6.17 Å². The van der Waals surface area contributed by atoms with Crippen LogP contribution >= 0.6 is 0 Å². The number of alkyl halides is 1. The lowest BCUT2D eigenvalue weighted by molar-refractivity contribution is -0.0367. The molecule has 1 aliphatic carbocycles. The van der Waals surface area contributed by atoms with Gasteiger partial charge in [-0.25, -0.2) is 9.37 Å². The van der Waals surface area contributed by atoms with Gasteiger partial charge >= 0.3 is 0 Å². The number of nitrogens with zero attached hydrogens (tertiary/aromatic N) is 4. The summed E-state index contributed by atoms with van der Waals surface area (Å²) >= 11 is 0. The minimum Gasteiger partial charge on any atom is -0.379 e. The highest BCUT2D eigenvalue weighted by Gasteiger charge is 2.40. The summed E-state index contributed by atoms with van der Waals surface area (Å²) in [5, 5.41) is 3.66. The van der Waals surface area contributed by atoms with E-state index >= 15 is 4.39 Å². The maximum absolute atomic E-state index is 15.7. The zero-order valence-electron chi connectivity index (χ0n) is 21.4. The minimum atomic E-state index is -0.930. The molecule has 4 heterocycles. The van der Waals surface area contributed by atoms with Crippen LogP contribution in [0.25, 0.3) is 0 Å². The summed E-state index contributed by atoms with van der Waals surface area (Å²) in [4.78, 5) is 13.7. The number of rotatable bonds is 8. The van der Waals surface area contributed by atoms with Crippen LogP contribution in [-0.2, 0) is 16.0 Å². The molecule has 2 aliphatic heterocycles. The van der Waals surface area contributed by atoms with Crippen LogP contribution in [0.3, 0.4) is 0 Å². The molecule has 4 atom stereocenters. The van der Waals surface area contributed by atoms with Gasteiger partial charge in [0.2, 0.25) is 0 Å². The molecule has 5 rings (SSSR count). The summed E-state index contributed by atoms with van der Waals surface area (Å²) in [7, 11) is 1.70. The van der Waals surface area contributed by atoms with E-state index in [1.165, 1.54) is 5.56 Å². The number of halogens is 1. The van der Waals surface area contributed by atoms with Crippen LogP contribution in [0.2, 0.25) is 0 Å². The summed E-state index contributed by atoms with van der Waals surface area (Å²) < 4.78 is 27.0. The Morgan fingerprint density at radius 3 is 2.61 bits per heavy atom. The number of piperidine rings is 1. The minimum absolute atomic E-state index is 0.101. The van der Waals surface area contributed by atoms with Gasteiger partial charge in [0.15, 0.2) is 0 Å². The Hall–Kier alpha value is -2.13. The SMILES string of the molecule is COC(NC1CCN(c2ccc(CN3CCOCC3)cn2)CC1)C1CCCC(c2cccnc2)C1F. The summed E-state index contributed by atoms with van der Waals surface area (Å²) in [6.07, 6.45) is 9.09. The number of morpholine rings is 1. The molecule has 196 valence electrons. The van der Waals surface area contributed by atoms with Crippen molar-refractivity contribution in [2.75, 3.05) is 51.4 Å². The Morgan fingerprint density at radius 1 is 1.08 bits per heavy atom. The third-order valence-corrected chi connectivity index (χ3v) is 8.14. The van der Waals surface area contributed by atoms with E-state index in [0.717, 1.165) is 89.4 Å². The van der Waals surface area contributed by atoms with Crippen molar-refractivity contribution in [3.8, 4) is 0 Å².